The van der Waals surface area contributed by atoms with E-state index in [0.717, 1.165) is 76.6 Å². The number of aromatic nitrogens is 2. The summed E-state index contributed by atoms with van der Waals surface area (Å²) in [6.07, 6.45) is 1.23. The van der Waals surface area contributed by atoms with Crippen molar-refractivity contribution in [2.75, 3.05) is 90.0 Å². The molecular formula is C51H56F2N8O. The third-order valence-electron chi connectivity index (χ3n) is 12.5. The summed E-state index contributed by atoms with van der Waals surface area (Å²) in [6, 6.07) is 41.9. The number of piperazine rings is 2. The van der Waals surface area contributed by atoms with Crippen molar-refractivity contribution >= 4 is 17.4 Å². The van der Waals surface area contributed by atoms with Gasteiger partial charge >= 0.3 is 0 Å². The Bertz CT molecular complexity index is 2230. The van der Waals surface area contributed by atoms with Crippen LogP contribution in [0.5, 0.6) is 0 Å². The number of nitrogens with zero attached hydrogens (tertiary/aromatic N) is 6. The van der Waals surface area contributed by atoms with E-state index >= 15 is 8.78 Å². The minimum Gasteiger partial charge on any atom is -0.384 e. The normalized spacial score (nSPS) is 16.5. The van der Waals surface area contributed by atoms with Crippen LogP contribution in [0.4, 0.5) is 20.4 Å². The van der Waals surface area contributed by atoms with E-state index in [1.807, 2.05) is 84.9 Å². The molecule has 320 valence electrons. The van der Waals surface area contributed by atoms with E-state index in [-0.39, 0.29) is 29.3 Å². The molecule has 6 aromatic rings. The zero-order valence-electron chi connectivity index (χ0n) is 35.3. The van der Waals surface area contributed by atoms with Gasteiger partial charge in [-0.2, -0.15) is 0 Å². The summed E-state index contributed by atoms with van der Waals surface area (Å²) in [7, 11) is 0. The highest BCUT2D eigenvalue weighted by atomic mass is 19.1. The van der Waals surface area contributed by atoms with E-state index in [9.17, 15) is 4.79 Å². The van der Waals surface area contributed by atoms with Crippen LogP contribution < -0.4 is 11.5 Å². The van der Waals surface area contributed by atoms with Crippen molar-refractivity contribution < 1.29 is 13.6 Å². The predicted molar refractivity (Wildman–Crippen MR) is 245 cm³/mol. The molecular weight excluding hydrogens is 779 g/mol. The monoisotopic (exact) mass is 834 g/mol. The maximum Gasteiger partial charge on any atom is 0.150 e. The molecule has 4 aromatic carbocycles. The first-order valence-corrected chi connectivity index (χ1v) is 21.8. The lowest BCUT2D eigenvalue weighted by Crippen LogP contribution is -2.50. The summed E-state index contributed by atoms with van der Waals surface area (Å²) in [5, 5.41) is 0. The number of hydrogen-bond donors (Lipinski definition) is 2. The van der Waals surface area contributed by atoms with Crippen molar-refractivity contribution in [3.05, 3.63) is 167 Å². The van der Waals surface area contributed by atoms with Gasteiger partial charge in [-0.3, -0.25) is 14.6 Å². The van der Waals surface area contributed by atoms with Crippen molar-refractivity contribution in [2.24, 2.45) is 0 Å². The van der Waals surface area contributed by atoms with Crippen LogP contribution in [-0.4, -0.2) is 114 Å². The molecule has 2 aliphatic heterocycles. The van der Waals surface area contributed by atoms with Crippen LogP contribution in [0.15, 0.2) is 133 Å². The van der Waals surface area contributed by atoms with Crippen molar-refractivity contribution in [1.82, 2.24) is 29.6 Å². The van der Waals surface area contributed by atoms with E-state index in [0.29, 0.717) is 71.2 Å². The number of carbonyl (C=O) groups excluding carboxylic acids is 1. The van der Waals surface area contributed by atoms with Crippen LogP contribution in [0.3, 0.4) is 0 Å². The summed E-state index contributed by atoms with van der Waals surface area (Å²) in [4.78, 5) is 33.3. The zero-order chi connectivity index (χ0) is 42.8. The Hall–Kier alpha value is -5.85. The fraction of sp³-hybridized carbons (Fsp3) is 0.314. The molecule has 2 aliphatic rings. The first kappa shape index (κ1) is 42.8. The highest BCUT2D eigenvalue weighted by molar-refractivity contribution is 5.92. The van der Waals surface area contributed by atoms with Crippen LogP contribution in [0.1, 0.15) is 34.1 Å². The van der Waals surface area contributed by atoms with Gasteiger partial charge in [-0.25, -0.2) is 18.7 Å². The summed E-state index contributed by atoms with van der Waals surface area (Å²) in [6.45, 7) is 9.59. The molecule has 4 heterocycles. The van der Waals surface area contributed by atoms with Gasteiger partial charge in [0.15, 0.2) is 0 Å². The highest BCUT2D eigenvalue weighted by Crippen LogP contribution is 2.30. The lowest BCUT2D eigenvalue weighted by Gasteiger charge is -2.38. The maximum absolute atomic E-state index is 15.2. The number of nitrogen functional groups attached to an aromatic ring is 2. The third kappa shape index (κ3) is 11.0. The largest absolute Gasteiger partial charge is 0.384 e. The summed E-state index contributed by atoms with van der Waals surface area (Å²) in [5.74, 6) is 0.0343. The zero-order valence-corrected chi connectivity index (χ0v) is 35.3. The topological polar surface area (TPSA) is 108 Å². The Morgan fingerprint density at radius 3 is 1.26 bits per heavy atom. The van der Waals surface area contributed by atoms with Crippen LogP contribution >= 0.6 is 0 Å². The van der Waals surface area contributed by atoms with Gasteiger partial charge in [-0.1, -0.05) is 97.1 Å². The molecule has 2 aromatic heterocycles. The molecule has 4 N–H and O–H groups in total. The quantitative estimate of drug-likeness (QED) is 0.103. The standard InChI is InChI=1S/C51H56F2N8O/c52-45-33-41(47-13-7-15-49(54)56-47)19-17-39(45)21-23-58-25-29-60(30-26-58)35-43(37-9-3-1-4-10-37)51(62)44(38-11-5-2-6-12-38)36-61-31-27-59(28-32-61)24-22-40-18-20-42(34-46(40)53)48-14-8-16-50(55)57-48/h1-20,33-34,43-44H,21-32,35-36H2,(H2,54,56)(H2,55,57). The summed E-state index contributed by atoms with van der Waals surface area (Å²) >= 11 is 0. The number of halogens is 2. The number of hydrogen-bond acceptors (Lipinski definition) is 9. The van der Waals surface area contributed by atoms with Crippen molar-refractivity contribution in [2.45, 2.75) is 24.7 Å². The molecule has 2 unspecified atom stereocenters. The smallest absolute Gasteiger partial charge is 0.150 e. The number of benzene rings is 4. The number of anilines is 2. The maximum atomic E-state index is 15.2. The molecule has 2 fully saturated rings. The van der Waals surface area contributed by atoms with Crippen LogP contribution in [0, 0.1) is 11.6 Å². The van der Waals surface area contributed by atoms with E-state index in [2.05, 4.69) is 53.8 Å². The predicted octanol–water partition coefficient (Wildman–Crippen LogP) is 7.41. The Morgan fingerprint density at radius 2 is 0.887 bits per heavy atom. The van der Waals surface area contributed by atoms with Gasteiger partial charge in [-0.15, -0.1) is 0 Å². The molecule has 0 amide bonds. The molecule has 0 aliphatic carbocycles. The number of carbonyl (C=O) groups is 1. The molecule has 9 nitrogen and oxygen atoms in total. The van der Waals surface area contributed by atoms with Crippen LogP contribution in [0.2, 0.25) is 0 Å². The number of ketones is 1. The SMILES string of the molecule is Nc1cccc(-c2ccc(CCN3CCN(CC(C(=O)C(CN4CCN(CCc5ccc(-c6cccc(N)n6)cc5F)CC4)c4ccccc4)c4ccccc4)CC3)c(F)c2)n1. The van der Waals surface area contributed by atoms with Gasteiger partial charge in [0.2, 0.25) is 0 Å². The average Bonchev–Trinajstić information content (AvgIpc) is 3.30. The molecule has 2 saturated heterocycles. The second-order valence-corrected chi connectivity index (χ2v) is 16.6. The van der Waals surface area contributed by atoms with Gasteiger partial charge in [0.1, 0.15) is 29.1 Å². The number of nitrogens with two attached hydrogens (primary N) is 2. The van der Waals surface area contributed by atoms with E-state index in [4.69, 9.17) is 11.5 Å². The molecule has 62 heavy (non-hydrogen) atoms. The van der Waals surface area contributed by atoms with Gasteiger partial charge < -0.3 is 21.3 Å². The lowest BCUT2D eigenvalue weighted by molar-refractivity contribution is -0.123. The van der Waals surface area contributed by atoms with Crippen molar-refractivity contribution in [3.63, 3.8) is 0 Å². The average molecular weight is 835 g/mol. The van der Waals surface area contributed by atoms with Gasteiger partial charge in [0.05, 0.1) is 23.2 Å². The summed E-state index contributed by atoms with van der Waals surface area (Å²) in [5.41, 5.74) is 17.9. The molecule has 0 bridgehead atoms. The summed E-state index contributed by atoms with van der Waals surface area (Å²) < 4.78 is 30.4. The number of rotatable bonds is 16. The molecule has 2 atom stereocenters. The highest BCUT2D eigenvalue weighted by Gasteiger charge is 2.34. The van der Waals surface area contributed by atoms with Crippen molar-refractivity contribution in [1.29, 1.82) is 0 Å². The second kappa shape index (κ2) is 20.3. The molecule has 0 radical (unpaired) electrons. The number of pyridine rings is 2. The molecule has 11 heteroatoms. The van der Waals surface area contributed by atoms with Gasteiger partial charge in [0, 0.05) is 89.7 Å². The number of Topliss-reactive ketones (excluding diaryl/α,β-unsaturated/α-hetero) is 1. The molecule has 8 rings (SSSR count). The molecule has 0 saturated carbocycles. The Kier molecular flexibility index (Phi) is 14.1. The van der Waals surface area contributed by atoms with Crippen LogP contribution in [0.25, 0.3) is 22.5 Å². The van der Waals surface area contributed by atoms with E-state index in [1.54, 1.807) is 24.3 Å². The van der Waals surface area contributed by atoms with E-state index in [1.165, 1.54) is 0 Å². The van der Waals surface area contributed by atoms with E-state index < -0.39 is 0 Å². The Labute approximate surface area is 364 Å². The fourth-order valence-electron chi connectivity index (χ4n) is 8.84. The third-order valence-corrected chi connectivity index (χ3v) is 12.5. The Morgan fingerprint density at radius 1 is 0.500 bits per heavy atom. The minimum atomic E-state index is -0.285. The van der Waals surface area contributed by atoms with Gasteiger partial charge in [-0.05, 0) is 71.5 Å². The second-order valence-electron chi connectivity index (χ2n) is 16.6. The van der Waals surface area contributed by atoms with Crippen LogP contribution in [-0.2, 0) is 17.6 Å². The minimum absolute atomic E-state index is 0.229. The van der Waals surface area contributed by atoms with Crippen molar-refractivity contribution in [3.8, 4) is 22.5 Å². The first-order chi connectivity index (χ1) is 30.3. The first-order valence-electron chi connectivity index (χ1n) is 21.8. The Balaban J connectivity index is 0.864. The van der Waals surface area contributed by atoms with Gasteiger partial charge in [0.25, 0.3) is 0 Å². The lowest BCUT2D eigenvalue weighted by atomic mass is 9.82. The molecule has 0 spiro atoms. The fourth-order valence-corrected chi connectivity index (χ4v) is 8.84.